The lowest BCUT2D eigenvalue weighted by molar-refractivity contribution is -0.148. The van der Waals surface area contributed by atoms with Gasteiger partial charge in [-0.3, -0.25) is 19.3 Å². The molecule has 6 fully saturated rings. The predicted octanol–water partition coefficient (Wildman–Crippen LogP) is 1.62. The van der Waals surface area contributed by atoms with E-state index in [4.69, 9.17) is 0 Å². The van der Waals surface area contributed by atoms with E-state index in [9.17, 15) is 24.3 Å². The van der Waals surface area contributed by atoms with Gasteiger partial charge in [-0.25, -0.2) is 4.79 Å². The van der Waals surface area contributed by atoms with Crippen molar-refractivity contribution >= 4 is 45.3 Å². The molecule has 4 saturated carbocycles. The number of carboxylic acid groups (broad SMARTS) is 1. The van der Waals surface area contributed by atoms with Gasteiger partial charge in [0, 0.05) is 29.5 Å². The van der Waals surface area contributed by atoms with Crippen LogP contribution >= 0.6 is 21.6 Å². The van der Waals surface area contributed by atoms with Crippen molar-refractivity contribution in [1.82, 2.24) is 20.9 Å². The summed E-state index contributed by atoms with van der Waals surface area (Å²) in [6.45, 7) is 3.14. The topological polar surface area (TPSA) is 128 Å². The zero-order valence-corrected chi connectivity index (χ0v) is 22.5. The zero-order chi connectivity index (χ0) is 25.4. The zero-order valence-electron chi connectivity index (χ0n) is 20.9. The Bertz CT molecular complexity index is 866. The van der Waals surface area contributed by atoms with E-state index in [1.165, 1.54) is 40.9 Å². The van der Waals surface area contributed by atoms with Crippen LogP contribution in [0.2, 0.25) is 0 Å². The molecule has 200 valence electrons. The van der Waals surface area contributed by atoms with E-state index < -0.39 is 24.1 Å². The third-order valence-electron chi connectivity index (χ3n) is 8.87. The van der Waals surface area contributed by atoms with Crippen molar-refractivity contribution in [1.29, 1.82) is 0 Å². The van der Waals surface area contributed by atoms with Crippen LogP contribution in [0, 0.1) is 23.2 Å². The Balaban J connectivity index is 1.29. The molecule has 4 atom stereocenters. The summed E-state index contributed by atoms with van der Waals surface area (Å²) < 4.78 is 0. The lowest BCUT2D eigenvalue weighted by Crippen LogP contribution is -2.59. The van der Waals surface area contributed by atoms with Crippen LogP contribution in [0.25, 0.3) is 0 Å². The van der Waals surface area contributed by atoms with E-state index >= 15 is 0 Å². The normalized spacial score (nSPS) is 41.6. The van der Waals surface area contributed by atoms with Crippen molar-refractivity contribution in [2.24, 2.45) is 23.2 Å². The molecule has 0 aromatic rings. The molecule has 36 heavy (non-hydrogen) atoms. The minimum absolute atomic E-state index is 0.0244. The molecule has 0 aromatic carbocycles. The highest BCUT2D eigenvalue weighted by atomic mass is 33.1. The number of fused-ring (bicyclic) bond motifs is 1. The molecule has 0 spiro atoms. The number of carbonyl (C=O) groups excluding carboxylic acids is 3. The lowest BCUT2D eigenvalue weighted by Gasteiger charge is -2.55. The average Bonchev–Trinajstić information content (AvgIpc) is 3.26. The smallest absolute Gasteiger partial charge is 0.327 e. The molecule has 6 rings (SSSR count). The fourth-order valence-electron chi connectivity index (χ4n) is 7.64. The second-order valence-electron chi connectivity index (χ2n) is 11.8. The van der Waals surface area contributed by atoms with Crippen LogP contribution in [0.4, 0.5) is 0 Å². The van der Waals surface area contributed by atoms with Crippen LogP contribution in [0.3, 0.4) is 0 Å². The molecule has 11 heteroatoms. The summed E-state index contributed by atoms with van der Waals surface area (Å²) in [5.74, 6) is 0.939. The van der Waals surface area contributed by atoms with Gasteiger partial charge in [0.1, 0.15) is 12.1 Å². The summed E-state index contributed by atoms with van der Waals surface area (Å²) in [5.41, 5.74) is -0.334. The molecule has 0 radical (unpaired) electrons. The van der Waals surface area contributed by atoms with E-state index in [2.05, 4.69) is 16.0 Å². The first-order valence-corrected chi connectivity index (χ1v) is 15.8. The average molecular weight is 539 g/mol. The molecule has 9 nitrogen and oxygen atoms in total. The van der Waals surface area contributed by atoms with Crippen LogP contribution in [0.5, 0.6) is 0 Å². The number of hydrogen-bond acceptors (Lipinski definition) is 7. The minimum atomic E-state index is -1.06. The van der Waals surface area contributed by atoms with Crippen LogP contribution in [0.1, 0.15) is 58.3 Å². The van der Waals surface area contributed by atoms with Gasteiger partial charge in [-0.15, -0.1) is 0 Å². The molecule has 3 amide bonds. The van der Waals surface area contributed by atoms with Crippen LogP contribution in [-0.2, 0) is 19.2 Å². The molecular weight excluding hydrogens is 500 g/mol. The van der Waals surface area contributed by atoms with Gasteiger partial charge in [-0.1, -0.05) is 21.6 Å². The van der Waals surface area contributed by atoms with E-state index in [1.54, 1.807) is 0 Å². The fraction of sp³-hybridized carbons (Fsp3) is 0.840. The predicted molar refractivity (Wildman–Crippen MR) is 139 cm³/mol. The Kier molecular flexibility index (Phi) is 7.79. The van der Waals surface area contributed by atoms with Gasteiger partial charge in [0.05, 0.1) is 6.04 Å². The first-order valence-electron chi connectivity index (χ1n) is 13.4. The van der Waals surface area contributed by atoms with E-state index in [0.717, 1.165) is 32.2 Å². The summed E-state index contributed by atoms with van der Waals surface area (Å²) in [5, 5.41) is 18.6. The molecule has 2 aliphatic heterocycles. The lowest BCUT2D eigenvalue weighted by atomic mass is 9.49. The molecule has 1 unspecified atom stereocenters. The molecule has 6 aliphatic rings. The van der Waals surface area contributed by atoms with Crippen LogP contribution in [-0.4, -0.2) is 82.5 Å². The maximum absolute atomic E-state index is 13.7. The van der Waals surface area contributed by atoms with Crippen molar-refractivity contribution in [3.05, 3.63) is 0 Å². The molecular formula is C25H38N4O5S2. The van der Waals surface area contributed by atoms with Gasteiger partial charge in [-0.2, -0.15) is 0 Å². The van der Waals surface area contributed by atoms with Crippen molar-refractivity contribution in [2.75, 3.05) is 24.6 Å². The second-order valence-corrected chi connectivity index (χ2v) is 14.3. The first-order chi connectivity index (χ1) is 17.2. The van der Waals surface area contributed by atoms with Crippen molar-refractivity contribution in [3.63, 3.8) is 0 Å². The van der Waals surface area contributed by atoms with E-state index in [0.29, 0.717) is 36.5 Å². The maximum atomic E-state index is 13.7. The number of rotatable bonds is 3. The Morgan fingerprint density at radius 2 is 1.64 bits per heavy atom. The minimum Gasteiger partial charge on any atom is -0.480 e. The summed E-state index contributed by atoms with van der Waals surface area (Å²) >= 11 is 0. The molecule has 4 bridgehead atoms. The molecule has 4 N–H and O–H groups in total. The van der Waals surface area contributed by atoms with Gasteiger partial charge < -0.3 is 21.1 Å². The van der Waals surface area contributed by atoms with Crippen molar-refractivity contribution in [2.45, 2.75) is 82.5 Å². The van der Waals surface area contributed by atoms with E-state index in [1.807, 2.05) is 11.8 Å². The number of aliphatic carboxylic acids is 1. The summed E-state index contributed by atoms with van der Waals surface area (Å²) in [6.07, 6.45) is 8.09. The van der Waals surface area contributed by atoms with Crippen LogP contribution in [0.15, 0.2) is 0 Å². The Morgan fingerprint density at radius 3 is 2.28 bits per heavy atom. The monoisotopic (exact) mass is 538 g/mol. The third-order valence-corrected chi connectivity index (χ3v) is 11.3. The molecule has 4 aliphatic carbocycles. The highest BCUT2D eigenvalue weighted by Gasteiger charge is 2.55. The third kappa shape index (κ3) is 5.53. The Labute approximate surface area is 220 Å². The van der Waals surface area contributed by atoms with Crippen molar-refractivity contribution < 1.29 is 24.3 Å². The first kappa shape index (κ1) is 26.2. The maximum Gasteiger partial charge on any atom is 0.327 e. The number of hydrogen-bond donors (Lipinski definition) is 4. The highest BCUT2D eigenvalue weighted by molar-refractivity contribution is 8.76. The molecule has 2 saturated heterocycles. The number of nitrogens with one attached hydrogen (secondary N) is 3. The van der Waals surface area contributed by atoms with Crippen LogP contribution < -0.4 is 16.0 Å². The summed E-state index contributed by atoms with van der Waals surface area (Å²) in [7, 11) is 2.68. The standard InChI is InChI=1S/C25H38N4O5S2/c1-14-11-29-4-2-3-20(29)22(31)27-19(23(32)33)13-36-35-12-18(21(30)26-14)28-24(34)25-8-15-5-16(9-25)7-17(6-15)10-25/h14-20H,2-13H2,1H3,(H,26,30)(H,27,31)(H,28,34)(H,32,33)/t14-,15?,16?,17?,18-,19+,20?,25?/m0/s1. The SMILES string of the molecule is C[C@H]1CN2CCCC2C(=O)N[C@@H](C(=O)O)CSSC[C@H](NC(=O)C23CC4CC(CC(C4)C2)C3)C(=O)N1. The van der Waals surface area contributed by atoms with Gasteiger partial charge in [0.2, 0.25) is 17.7 Å². The molecule has 0 aromatic heterocycles. The van der Waals surface area contributed by atoms with Gasteiger partial charge in [0.15, 0.2) is 0 Å². The summed E-state index contributed by atoms with van der Waals surface area (Å²) in [4.78, 5) is 53.6. The number of nitrogens with zero attached hydrogens (tertiary/aromatic N) is 1. The second kappa shape index (κ2) is 10.7. The van der Waals surface area contributed by atoms with Crippen molar-refractivity contribution in [3.8, 4) is 0 Å². The van der Waals surface area contributed by atoms with E-state index in [-0.39, 0.29) is 34.9 Å². The van der Waals surface area contributed by atoms with Gasteiger partial charge in [-0.05, 0) is 82.6 Å². The molecule has 2 heterocycles. The fourth-order valence-corrected chi connectivity index (χ4v) is 9.96. The quantitative estimate of drug-likeness (QED) is 0.399. The number of carboxylic acids is 1. The largest absolute Gasteiger partial charge is 0.480 e. The number of carbonyl (C=O) groups is 4. The van der Waals surface area contributed by atoms with Gasteiger partial charge >= 0.3 is 5.97 Å². The Morgan fingerprint density at radius 1 is 1.00 bits per heavy atom. The summed E-state index contributed by atoms with van der Waals surface area (Å²) in [6, 6.07) is -2.27. The van der Waals surface area contributed by atoms with Gasteiger partial charge in [0.25, 0.3) is 0 Å². The highest BCUT2D eigenvalue weighted by Crippen LogP contribution is 2.60. The number of amides is 3. The Hall–Kier alpha value is -1.46.